The maximum Gasteiger partial charge on any atom is 0.0725 e. The number of rotatable bonds is 9. The molecule has 2 unspecified atom stereocenters. The van der Waals surface area contributed by atoms with Crippen LogP contribution in [0.4, 0.5) is 0 Å². The first-order valence-corrected chi connectivity index (χ1v) is 7.66. The first-order chi connectivity index (χ1) is 8.31. The summed E-state index contributed by atoms with van der Waals surface area (Å²) in [5.41, 5.74) is 0. The Hall–Kier alpha value is -0.0800. The van der Waals surface area contributed by atoms with Crippen LogP contribution in [0, 0.1) is 5.92 Å². The van der Waals surface area contributed by atoms with E-state index in [2.05, 4.69) is 26.1 Å². The summed E-state index contributed by atoms with van der Waals surface area (Å²) in [5.74, 6) is 0.841. The molecule has 1 aliphatic rings. The van der Waals surface area contributed by atoms with Gasteiger partial charge < -0.3 is 10.1 Å². The molecule has 2 nitrogen and oxygen atoms in total. The Morgan fingerprint density at radius 1 is 1.18 bits per heavy atom. The molecule has 0 amide bonds. The van der Waals surface area contributed by atoms with E-state index in [0.29, 0.717) is 12.1 Å². The fourth-order valence-electron chi connectivity index (χ4n) is 2.95. The Morgan fingerprint density at radius 2 is 1.88 bits per heavy atom. The predicted octanol–water partition coefficient (Wildman–Crippen LogP) is 3.75. The van der Waals surface area contributed by atoms with Crippen LogP contribution in [0.1, 0.15) is 65.7 Å². The molecule has 0 spiro atoms. The van der Waals surface area contributed by atoms with Gasteiger partial charge in [0.15, 0.2) is 0 Å². The molecular weight excluding hydrogens is 210 g/mol. The van der Waals surface area contributed by atoms with Crippen molar-refractivity contribution in [1.29, 1.82) is 0 Å². The molecule has 0 aromatic rings. The van der Waals surface area contributed by atoms with Crippen LogP contribution in [0.25, 0.3) is 0 Å². The second-order valence-electron chi connectivity index (χ2n) is 5.38. The monoisotopic (exact) mass is 241 g/mol. The van der Waals surface area contributed by atoms with Gasteiger partial charge in [0.1, 0.15) is 0 Å². The fraction of sp³-hybridized carbons (Fsp3) is 1.00. The Bertz CT molecular complexity index is 172. The van der Waals surface area contributed by atoms with E-state index in [1.165, 1.54) is 38.5 Å². The Kier molecular flexibility index (Phi) is 7.87. The van der Waals surface area contributed by atoms with Gasteiger partial charge in [-0.25, -0.2) is 0 Å². The predicted molar refractivity (Wildman–Crippen MR) is 74.4 cm³/mol. The molecule has 102 valence electrons. The van der Waals surface area contributed by atoms with Gasteiger partial charge >= 0.3 is 0 Å². The summed E-state index contributed by atoms with van der Waals surface area (Å²) in [4.78, 5) is 0. The van der Waals surface area contributed by atoms with Crippen LogP contribution < -0.4 is 5.32 Å². The molecule has 0 radical (unpaired) electrons. The highest BCUT2D eigenvalue weighted by atomic mass is 16.5. The molecule has 1 aliphatic carbocycles. The van der Waals surface area contributed by atoms with Crippen molar-refractivity contribution in [2.45, 2.75) is 77.9 Å². The minimum atomic E-state index is 0.412. The number of nitrogens with one attached hydrogen (secondary N) is 1. The van der Waals surface area contributed by atoms with Gasteiger partial charge in [0.2, 0.25) is 0 Å². The van der Waals surface area contributed by atoms with Gasteiger partial charge in [0, 0.05) is 12.6 Å². The largest absolute Gasteiger partial charge is 0.376 e. The van der Waals surface area contributed by atoms with Crippen molar-refractivity contribution in [3.63, 3.8) is 0 Å². The van der Waals surface area contributed by atoms with Gasteiger partial charge in [-0.15, -0.1) is 0 Å². The van der Waals surface area contributed by atoms with Crippen molar-refractivity contribution < 1.29 is 4.74 Å². The molecule has 0 aliphatic heterocycles. The summed E-state index contributed by atoms with van der Waals surface area (Å²) in [5, 5.41) is 3.58. The quantitative estimate of drug-likeness (QED) is 0.664. The average Bonchev–Trinajstić information content (AvgIpc) is 2.83. The van der Waals surface area contributed by atoms with Crippen LogP contribution in [0.2, 0.25) is 0 Å². The summed E-state index contributed by atoms with van der Waals surface area (Å²) in [6.07, 6.45) is 9.61. The van der Waals surface area contributed by atoms with E-state index in [4.69, 9.17) is 4.74 Å². The molecule has 0 aromatic carbocycles. The van der Waals surface area contributed by atoms with E-state index in [1.54, 1.807) is 0 Å². The van der Waals surface area contributed by atoms with E-state index >= 15 is 0 Å². The molecule has 17 heavy (non-hydrogen) atoms. The van der Waals surface area contributed by atoms with Crippen molar-refractivity contribution in [3.8, 4) is 0 Å². The SMILES string of the molecule is CCCC(NCC)C(CC)OCC1CCCC1. The van der Waals surface area contributed by atoms with Crippen molar-refractivity contribution >= 4 is 0 Å². The van der Waals surface area contributed by atoms with Crippen LogP contribution in [0.5, 0.6) is 0 Å². The minimum Gasteiger partial charge on any atom is -0.376 e. The van der Waals surface area contributed by atoms with Crippen molar-refractivity contribution in [1.82, 2.24) is 5.32 Å². The lowest BCUT2D eigenvalue weighted by atomic mass is 10.0. The standard InChI is InChI=1S/C15H31NO/c1-4-9-14(16-6-3)15(5-2)17-12-13-10-7-8-11-13/h13-16H,4-12H2,1-3H3. The zero-order chi connectivity index (χ0) is 12.5. The molecule has 1 fully saturated rings. The average molecular weight is 241 g/mol. The second kappa shape index (κ2) is 8.93. The summed E-state index contributed by atoms with van der Waals surface area (Å²) in [6, 6.07) is 0.552. The van der Waals surface area contributed by atoms with E-state index in [9.17, 15) is 0 Å². The first kappa shape index (κ1) is 15.0. The number of hydrogen-bond acceptors (Lipinski definition) is 2. The van der Waals surface area contributed by atoms with Gasteiger partial charge in [-0.05, 0) is 38.1 Å². The summed E-state index contributed by atoms with van der Waals surface area (Å²) >= 11 is 0. The summed E-state index contributed by atoms with van der Waals surface area (Å²) in [6.45, 7) is 8.73. The first-order valence-electron chi connectivity index (χ1n) is 7.66. The second-order valence-corrected chi connectivity index (χ2v) is 5.38. The molecule has 2 atom stereocenters. The van der Waals surface area contributed by atoms with Crippen molar-refractivity contribution in [2.75, 3.05) is 13.2 Å². The molecule has 0 heterocycles. The molecule has 2 heteroatoms. The maximum absolute atomic E-state index is 6.18. The van der Waals surface area contributed by atoms with Gasteiger partial charge in [-0.2, -0.15) is 0 Å². The smallest absolute Gasteiger partial charge is 0.0725 e. The lowest BCUT2D eigenvalue weighted by molar-refractivity contribution is 0.00319. The topological polar surface area (TPSA) is 21.3 Å². The van der Waals surface area contributed by atoms with Crippen LogP contribution in [0.3, 0.4) is 0 Å². The zero-order valence-corrected chi connectivity index (χ0v) is 12.0. The van der Waals surface area contributed by atoms with Crippen molar-refractivity contribution in [2.24, 2.45) is 5.92 Å². The Morgan fingerprint density at radius 3 is 2.41 bits per heavy atom. The molecule has 0 bridgehead atoms. The third kappa shape index (κ3) is 5.39. The van der Waals surface area contributed by atoms with Gasteiger partial charge in [-0.3, -0.25) is 0 Å². The van der Waals surface area contributed by atoms with Gasteiger partial charge in [-0.1, -0.05) is 40.0 Å². The summed E-state index contributed by atoms with van der Waals surface area (Å²) in [7, 11) is 0. The maximum atomic E-state index is 6.18. The third-order valence-corrected chi connectivity index (χ3v) is 3.94. The van der Waals surface area contributed by atoms with Crippen LogP contribution >= 0.6 is 0 Å². The van der Waals surface area contributed by atoms with Crippen LogP contribution in [-0.2, 0) is 4.74 Å². The highest BCUT2D eigenvalue weighted by Crippen LogP contribution is 2.25. The van der Waals surface area contributed by atoms with Crippen molar-refractivity contribution in [3.05, 3.63) is 0 Å². The van der Waals surface area contributed by atoms with Gasteiger partial charge in [0.05, 0.1) is 6.10 Å². The number of ether oxygens (including phenoxy) is 1. The normalized spacial score (nSPS) is 20.6. The zero-order valence-electron chi connectivity index (χ0n) is 12.0. The Balaban J connectivity index is 2.32. The number of likely N-dealkylation sites (N-methyl/N-ethyl adjacent to an activating group) is 1. The molecule has 1 N–H and O–H groups in total. The van der Waals surface area contributed by atoms with Crippen LogP contribution in [-0.4, -0.2) is 25.3 Å². The third-order valence-electron chi connectivity index (χ3n) is 3.94. The molecular formula is C15H31NO. The molecule has 0 aromatic heterocycles. The molecule has 1 rings (SSSR count). The Labute approximate surface area is 108 Å². The van der Waals surface area contributed by atoms with E-state index in [1.807, 2.05) is 0 Å². The van der Waals surface area contributed by atoms with Crippen LogP contribution in [0.15, 0.2) is 0 Å². The molecule has 1 saturated carbocycles. The van der Waals surface area contributed by atoms with Gasteiger partial charge in [0.25, 0.3) is 0 Å². The van der Waals surface area contributed by atoms with E-state index < -0.39 is 0 Å². The highest BCUT2D eigenvalue weighted by Gasteiger charge is 2.22. The lowest BCUT2D eigenvalue weighted by Crippen LogP contribution is -2.41. The highest BCUT2D eigenvalue weighted by molar-refractivity contribution is 4.76. The molecule has 0 saturated heterocycles. The van der Waals surface area contributed by atoms with E-state index in [0.717, 1.165) is 25.5 Å². The van der Waals surface area contributed by atoms with E-state index in [-0.39, 0.29) is 0 Å². The summed E-state index contributed by atoms with van der Waals surface area (Å²) < 4.78 is 6.18. The minimum absolute atomic E-state index is 0.412. The number of hydrogen-bond donors (Lipinski definition) is 1. The fourth-order valence-corrected chi connectivity index (χ4v) is 2.95. The lowest BCUT2D eigenvalue weighted by Gasteiger charge is -2.28.